The molecule has 2 aromatic carbocycles. The van der Waals surface area contributed by atoms with Crippen molar-refractivity contribution < 1.29 is 9.47 Å². The number of anilines is 1. The summed E-state index contributed by atoms with van der Waals surface area (Å²) in [6.07, 6.45) is 4.45. The summed E-state index contributed by atoms with van der Waals surface area (Å²) in [7, 11) is 1.68. The van der Waals surface area contributed by atoms with Crippen LogP contribution in [0.4, 0.5) is 5.69 Å². The number of pyridine rings is 1. The SMILES string of the molecule is COc1cc(OCc2ccccc2)ccc1-c1ccc(N2C(C)CCC2C)cn1. The van der Waals surface area contributed by atoms with E-state index in [-0.39, 0.29) is 0 Å². The normalized spacial score (nSPS) is 18.7. The van der Waals surface area contributed by atoms with Gasteiger partial charge in [0.1, 0.15) is 18.1 Å². The fraction of sp³-hybridized carbons (Fsp3) is 0.320. The van der Waals surface area contributed by atoms with Crippen molar-refractivity contribution in [1.29, 1.82) is 0 Å². The van der Waals surface area contributed by atoms with Crippen LogP contribution in [0.15, 0.2) is 66.9 Å². The van der Waals surface area contributed by atoms with Crippen LogP contribution in [-0.4, -0.2) is 24.2 Å². The highest BCUT2D eigenvalue weighted by molar-refractivity contribution is 5.69. The first kappa shape index (κ1) is 19.3. The van der Waals surface area contributed by atoms with Crippen molar-refractivity contribution >= 4 is 5.69 Å². The second-order valence-corrected chi connectivity index (χ2v) is 7.72. The Hall–Kier alpha value is -3.01. The fourth-order valence-electron chi connectivity index (χ4n) is 4.12. The van der Waals surface area contributed by atoms with Crippen LogP contribution in [0.25, 0.3) is 11.3 Å². The Balaban J connectivity index is 1.52. The predicted molar refractivity (Wildman–Crippen MR) is 118 cm³/mol. The van der Waals surface area contributed by atoms with Crippen molar-refractivity contribution in [1.82, 2.24) is 4.98 Å². The number of methoxy groups -OCH3 is 1. The Morgan fingerprint density at radius 2 is 1.72 bits per heavy atom. The quantitative estimate of drug-likeness (QED) is 0.541. The van der Waals surface area contributed by atoms with Gasteiger partial charge in [-0.05, 0) is 56.5 Å². The zero-order valence-corrected chi connectivity index (χ0v) is 17.3. The molecule has 2 unspecified atom stereocenters. The second-order valence-electron chi connectivity index (χ2n) is 7.72. The molecule has 4 heteroatoms. The monoisotopic (exact) mass is 388 g/mol. The standard InChI is InChI=1S/C25H28N2O2/c1-18-9-10-19(2)27(18)21-11-14-24(26-16-21)23-13-12-22(15-25(23)28-3)29-17-20-7-5-4-6-8-20/h4-8,11-16,18-19H,9-10,17H2,1-3H3. The Morgan fingerprint density at radius 3 is 2.38 bits per heavy atom. The topological polar surface area (TPSA) is 34.6 Å². The summed E-state index contributed by atoms with van der Waals surface area (Å²) in [6.45, 7) is 5.10. The second kappa shape index (κ2) is 8.56. The van der Waals surface area contributed by atoms with Crippen molar-refractivity contribution in [2.24, 2.45) is 0 Å². The first-order valence-corrected chi connectivity index (χ1v) is 10.2. The van der Waals surface area contributed by atoms with Gasteiger partial charge in [-0.1, -0.05) is 30.3 Å². The third-order valence-corrected chi connectivity index (χ3v) is 5.70. The van der Waals surface area contributed by atoms with E-state index in [9.17, 15) is 0 Å². The molecule has 150 valence electrons. The minimum absolute atomic E-state index is 0.530. The van der Waals surface area contributed by atoms with E-state index in [1.807, 2.05) is 42.6 Å². The van der Waals surface area contributed by atoms with Gasteiger partial charge in [-0.15, -0.1) is 0 Å². The summed E-state index contributed by atoms with van der Waals surface area (Å²) in [4.78, 5) is 7.20. The van der Waals surface area contributed by atoms with Gasteiger partial charge in [0, 0.05) is 23.7 Å². The summed E-state index contributed by atoms with van der Waals surface area (Å²) in [6, 6.07) is 21.4. The van der Waals surface area contributed by atoms with Crippen LogP contribution in [-0.2, 0) is 6.61 Å². The number of rotatable bonds is 6. The number of benzene rings is 2. The number of aromatic nitrogens is 1. The lowest BCUT2D eigenvalue weighted by Crippen LogP contribution is -2.32. The molecule has 3 aromatic rings. The van der Waals surface area contributed by atoms with Gasteiger partial charge >= 0.3 is 0 Å². The molecular formula is C25H28N2O2. The maximum Gasteiger partial charge on any atom is 0.131 e. The number of hydrogen-bond acceptors (Lipinski definition) is 4. The number of ether oxygens (including phenoxy) is 2. The van der Waals surface area contributed by atoms with Gasteiger partial charge in [0.2, 0.25) is 0 Å². The Morgan fingerprint density at radius 1 is 0.966 bits per heavy atom. The molecule has 1 fully saturated rings. The summed E-state index contributed by atoms with van der Waals surface area (Å²) in [5.41, 5.74) is 4.19. The molecule has 1 aromatic heterocycles. The van der Waals surface area contributed by atoms with E-state index in [1.165, 1.54) is 18.5 Å². The molecule has 1 saturated heterocycles. The molecule has 0 N–H and O–H groups in total. The molecular weight excluding hydrogens is 360 g/mol. The number of nitrogens with zero attached hydrogens (tertiary/aromatic N) is 2. The molecule has 1 aliphatic rings. The van der Waals surface area contributed by atoms with Gasteiger partial charge in [0.05, 0.1) is 24.7 Å². The van der Waals surface area contributed by atoms with Crippen LogP contribution in [0.1, 0.15) is 32.3 Å². The third-order valence-electron chi connectivity index (χ3n) is 5.70. The van der Waals surface area contributed by atoms with E-state index < -0.39 is 0 Å². The summed E-state index contributed by atoms with van der Waals surface area (Å²) < 4.78 is 11.6. The highest BCUT2D eigenvalue weighted by Gasteiger charge is 2.27. The average molecular weight is 389 g/mol. The largest absolute Gasteiger partial charge is 0.496 e. The van der Waals surface area contributed by atoms with Crippen LogP contribution in [0.2, 0.25) is 0 Å². The minimum atomic E-state index is 0.530. The van der Waals surface area contributed by atoms with Crippen LogP contribution >= 0.6 is 0 Å². The predicted octanol–water partition coefficient (Wildman–Crippen LogP) is 5.71. The zero-order valence-electron chi connectivity index (χ0n) is 17.3. The minimum Gasteiger partial charge on any atom is -0.496 e. The summed E-state index contributed by atoms with van der Waals surface area (Å²) in [5, 5.41) is 0. The number of hydrogen-bond donors (Lipinski definition) is 0. The van der Waals surface area contributed by atoms with E-state index in [0.29, 0.717) is 18.7 Å². The van der Waals surface area contributed by atoms with Gasteiger partial charge in [-0.2, -0.15) is 0 Å². The lowest BCUT2D eigenvalue weighted by atomic mass is 10.1. The summed E-state index contributed by atoms with van der Waals surface area (Å²) in [5.74, 6) is 1.55. The van der Waals surface area contributed by atoms with Crippen LogP contribution in [0.3, 0.4) is 0 Å². The molecule has 4 nitrogen and oxygen atoms in total. The van der Waals surface area contributed by atoms with Crippen LogP contribution in [0, 0.1) is 0 Å². The van der Waals surface area contributed by atoms with Crippen LogP contribution < -0.4 is 14.4 Å². The molecule has 29 heavy (non-hydrogen) atoms. The third kappa shape index (κ3) is 4.21. The van der Waals surface area contributed by atoms with Crippen molar-refractivity contribution in [3.63, 3.8) is 0 Å². The van der Waals surface area contributed by atoms with Crippen molar-refractivity contribution in [3.05, 3.63) is 72.4 Å². The van der Waals surface area contributed by atoms with Crippen molar-refractivity contribution in [2.45, 2.75) is 45.4 Å². The lowest BCUT2D eigenvalue weighted by Gasteiger charge is -2.28. The van der Waals surface area contributed by atoms with Crippen molar-refractivity contribution in [2.75, 3.05) is 12.0 Å². The first-order chi connectivity index (χ1) is 14.2. The molecule has 0 bridgehead atoms. The first-order valence-electron chi connectivity index (χ1n) is 10.2. The van der Waals surface area contributed by atoms with Gasteiger partial charge in [-0.3, -0.25) is 4.98 Å². The van der Waals surface area contributed by atoms with Crippen molar-refractivity contribution in [3.8, 4) is 22.8 Å². The molecule has 0 radical (unpaired) electrons. The Labute approximate surface area is 173 Å². The maximum atomic E-state index is 5.93. The molecule has 0 saturated carbocycles. The fourth-order valence-corrected chi connectivity index (χ4v) is 4.12. The van der Waals surface area contributed by atoms with E-state index in [2.05, 4.69) is 43.0 Å². The van der Waals surface area contributed by atoms with Gasteiger partial charge in [0.15, 0.2) is 0 Å². The molecule has 0 spiro atoms. The Kier molecular flexibility index (Phi) is 5.70. The maximum absolute atomic E-state index is 5.93. The van der Waals surface area contributed by atoms with Gasteiger partial charge in [0.25, 0.3) is 0 Å². The molecule has 0 aliphatic carbocycles. The lowest BCUT2D eigenvalue weighted by molar-refractivity contribution is 0.304. The van der Waals surface area contributed by atoms with E-state index >= 15 is 0 Å². The van der Waals surface area contributed by atoms with Gasteiger partial charge in [-0.25, -0.2) is 0 Å². The molecule has 0 amide bonds. The Bertz CT molecular complexity index is 931. The smallest absolute Gasteiger partial charge is 0.131 e. The zero-order chi connectivity index (χ0) is 20.2. The van der Waals surface area contributed by atoms with E-state index in [1.54, 1.807) is 7.11 Å². The molecule has 2 heterocycles. The van der Waals surface area contributed by atoms with E-state index in [0.717, 1.165) is 28.3 Å². The van der Waals surface area contributed by atoms with Gasteiger partial charge < -0.3 is 14.4 Å². The van der Waals surface area contributed by atoms with Crippen LogP contribution in [0.5, 0.6) is 11.5 Å². The highest BCUT2D eigenvalue weighted by Crippen LogP contribution is 2.35. The average Bonchev–Trinajstić information content (AvgIpc) is 3.11. The molecule has 2 atom stereocenters. The summed E-state index contributed by atoms with van der Waals surface area (Å²) >= 11 is 0. The molecule has 1 aliphatic heterocycles. The highest BCUT2D eigenvalue weighted by atomic mass is 16.5. The molecule has 4 rings (SSSR count). The van der Waals surface area contributed by atoms with E-state index in [4.69, 9.17) is 14.5 Å².